The second-order valence-corrected chi connectivity index (χ2v) is 9.89. The van der Waals surface area contributed by atoms with Crippen molar-refractivity contribution in [1.29, 1.82) is 0 Å². The quantitative estimate of drug-likeness (QED) is 0.490. The zero-order valence-corrected chi connectivity index (χ0v) is 19.5. The van der Waals surface area contributed by atoms with E-state index >= 15 is 0 Å². The van der Waals surface area contributed by atoms with Crippen LogP contribution in [-0.4, -0.2) is 48.4 Å². The van der Waals surface area contributed by atoms with Crippen LogP contribution in [0.1, 0.15) is 52.4 Å². The molecule has 3 N–H and O–H groups in total. The molecule has 0 aliphatic heterocycles. The van der Waals surface area contributed by atoms with Crippen molar-refractivity contribution in [3.05, 3.63) is 36.5 Å². The summed E-state index contributed by atoms with van der Waals surface area (Å²) in [5.41, 5.74) is 2.61. The Kier molecular flexibility index (Phi) is 7.26. The van der Waals surface area contributed by atoms with Crippen molar-refractivity contribution in [1.82, 2.24) is 15.3 Å². The third-order valence-electron chi connectivity index (χ3n) is 6.74. The molecule has 174 valence electrons. The molecular weight excluding hydrogens is 405 g/mol. The Morgan fingerprint density at radius 1 is 1.12 bits per heavy atom. The lowest BCUT2D eigenvalue weighted by atomic mass is 9.90. The number of aromatic nitrogens is 2. The minimum Gasteiger partial charge on any atom is -0.383 e. The molecule has 32 heavy (non-hydrogen) atoms. The van der Waals surface area contributed by atoms with Crippen molar-refractivity contribution in [3.63, 3.8) is 0 Å². The van der Waals surface area contributed by atoms with Crippen molar-refractivity contribution in [2.45, 2.75) is 70.5 Å². The first-order chi connectivity index (χ1) is 15.4. The SMILES string of the molecule is COC[C@H](C)NC1CCC(Nc2cc(-c3cncc(NCC4(C)CC4)c3)c(F)cn2)CC1. The summed E-state index contributed by atoms with van der Waals surface area (Å²) in [4.78, 5) is 8.62. The fourth-order valence-corrected chi connectivity index (χ4v) is 4.44. The lowest BCUT2D eigenvalue weighted by Crippen LogP contribution is -2.42. The zero-order chi connectivity index (χ0) is 22.6. The van der Waals surface area contributed by atoms with Crippen LogP contribution in [0.5, 0.6) is 0 Å². The maximum atomic E-state index is 14.6. The van der Waals surface area contributed by atoms with Crippen LogP contribution in [0.2, 0.25) is 0 Å². The maximum Gasteiger partial charge on any atom is 0.149 e. The first-order valence-corrected chi connectivity index (χ1v) is 11.8. The van der Waals surface area contributed by atoms with Gasteiger partial charge in [0.2, 0.25) is 0 Å². The third kappa shape index (κ3) is 6.17. The van der Waals surface area contributed by atoms with Gasteiger partial charge >= 0.3 is 0 Å². The standard InChI is InChI=1S/C25H36FN5O/c1-17(15-32-3)30-19-4-6-20(7-5-19)31-24-11-22(23(26)14-28-24)18-10-21(13-27-12-18)29-16-25(2)8-9-25/h10-14,17,19-20,29-30H,4-9,15-16H2,1-3H3,(H,28,31)/t17-,19?,20?/m0/s1. The zero-order valence-electron chi connectivity index (χ0n) is 19.5. The molecule has 2 aromatic heterocycles. The lowest BCUT2D eigenvalue weighted by Gasteiger charge is -2.31. The number of ether oxygens (including phenoxy) is 1. The summed E-state index contributed by atoms with van der Waals surface area (Å²) in [6, 6.07) is 5.01. The van der Waals surface area contributed by atoms with Crippen LogP contribution in [-0.2, 0) is 4.74 Å². The van der Waals surface area contributed by atoms with Gasteiger partial charge in [-0.25, -0.2) is 9.37 Å². The van der Waals surface area contributed by atoms with E-state index in [9.17, 15) is 4.39 Å². The second kappa shape index (κ2) is 10.1. The molecule has 0 aromatic carbocycles. The normalized spacial score (nSPS) is 22.9. The highest BCUT2D eigenvalue weighted by Gasteiger charge is 2.36. The molecule has 2 aromatic rings. The number of nitrogens with one attached hydrogen (secondary N) is 3. The predicted molar refractivity (Wildman–Crippen MR) is 127 cm³/mol. The number of methoxy groups -OCH3 is 1. The molecule has 0 amide bonds. The number of hydrogen-bond donors (Lipinski definition) is 3. The Bertz CT molecular complexity index is 896. The summed E-state index contributed by atoms with van der Waals surface area (Å²) in [6.07, 6.45) is 11.7. The summed E-state index contributed by atoms with van der Waals surface area (Å²) in [7, 11) is 1.74. The molecule has 6 nitrogen and oxygen atoms in total. The molecule has 4 rings (SSSR count). The van der Waals surface area contributed by atoms with E-state index in [-0.39, 0.29) is 5.82 Å². The van der Waals surface area contributed by atoms with Gasteiger partial charge in [-0.1, -0.05) is 6.92 Å². The number of halogens is 1. The number of rotatable bonds is 10. The molecule has 2 aliphatic carbocycles. The predicted octanol–water partition coefficient (Wildman–Crippen LogP) is 4.84. The van der Waals surface area contributed by atoms with E-state index < -0.39 is 0 Å². The molecule has 1 atom stereocenters. The van der Waals surface area contributed by atoms with Crippen LogP contribution in [0.15, 0.2) is 30.7 Å². The highest BCUT2D eigenvalue weighted by Crippen LogP contribution is 2.44. The van der Waals surface area contributed by atoms with Gasteiger partial charge in [0.25, 0.3) is 0 Å². The van der Waals surface area contributed by atoms with Crippen LogP contribution in [0.3, 0.4) is 0 Å². The van der Waals surface area contributed by atoms with Crippen molar-refractivity contribution >= 4 is 11.5 Å². The van der Waals surface area contributed by atoms with Gasteiger partial charge in [-0.15, -0.1) is 0 Å². The minimum absolute atomic E-state index is 0.330. The summed E-state index contributed by atoms with van der Waals surface area (Å²) in [5, 5.41) is 10.6. The summed E-state index contributed by atoms with van der Waals surface area (Å²) in [6.45, 7) is 6.09. The Balaban J connectivity index is 1.36. The highest BCUT2D eigenvalue weighted by atomic mass is 19.1. The second-order valence-electron chi connectivity index (χ2n) is 9.89. The van der Waals surface area contributed by atoms with Crippen molar-refractivity contribution < 1.29 is 9.13 Å². The maximum absolute atomic E-state index is 14.6. The van der Waals surface area contributed by atoms with Gasteiger partial charge in [0.05, 0.1) is 18.5 Å². The van der Waals surface area contributed by atoms with Crippen molar-refractivity contribution in [2.75, 3.05) is 30.9 Å². The van der Waals surface area contributed by atoms with E-state index in [1.807, 2.05) is 12.1 Å². The summed E-state index contributed by atoms with van der Waals surface area (Å²) >= 11 is 0. The van der Waals surface area contributed by atoms with Gasteiger partial charge < -0.3 is 20.7 Å². The molecule has 0 saturated heterocycles. The Hall–Kier alpha value is -2.25. The topological polar surface area (TPSA) is 71.1 Å². The molecular formula is C25H36FN5O. The van der Waals surface area contributed by atoms with Gasteiger partial charge in [0.15, 0.2) is 0 Å². The fraction of sp³-hybridized carbons (Fsp3) is 0.600. The summed E-state index contributed by atoms with van der Waals surface area (Å²) < 4.78 is 19.8. The van der Waals surface area contributed by atoms with Crippen LogP contribution in [0, 0.1) is 11.2 Å². The van der Waals surface area contributed by atoms with E-state index in [4.69, 9.17) is 4.74 Å². The monoisotopic (exact) mass is 441 g/mol. The van der Waals surface area contributed by atoms with Crippen LogP contribution < -0.4 is 16.0 Å². The van der Waals surface area contributed by atoms with Crippen LogP contribution in [0.4, 0.5) is 15.9 Å². The molecule has 2 aliphatic rings. The number of anilines is 2. The van der Waals surface area contributed by atoms with E-state index in [1.165, 1.54) is 19.0 Å². The Labute approximate surface area is 190 Å². The van der Waals surface area contributed by atoms with E-state index in [0.717, 1.165) is 55.9 Å². The number of nitrogens with zero attached hydrogens (tertiary/aromatic N) is 2. The van der Waals surface area contributed by atoms with Gasteiger partial charge in [-0.05, 0) is 63.0 Å². The molecule has 2 fully saturated rings. The minimum atomic E-state index is -0.330. The molecule has 0 bridgehead atoms. The van der Waals surface area contributed by atoms with Crippen molar-refractivity contribution in [3.8, 4) is 11.1 Å². The number of hydrogen-bond acceptors (Lipinski definition) is 6. The van der Waals surface area contributed by atoms with E-state index in [1.54, 1.807) is 19.5 Å². The number of pyridine rings is 2. The Morgan fingerprint density at radius 3 is 2.59 bits per heavy atom. The van der Waals surface area contributed by atoms with E-state index in [0.29, 0.717) is 29.1 Å². The summed E-state index contributed by atoms with van der Waals surface area (Å²) in [5.74, 6) is 0.387. The molecule has 0 radical (unpaired) electrons. The third-order valence-corrected chi connectivity index (χ3v) is 6.74. The van der Waals surface area contributed by atoms with Crippen molar-refractivity contribution in [2.24, 2.45) is 5.41 Å². The molecule has 7 heteroatoms. The molecule has 0 spiro atoms. The molecule has 2 saturated carbocycles. The van der Waals surface area contributed by atoms with Gasteiger partial charge in [-0.2, -0.15) is 0 Å². The Morgan fingerprint density at radius 2 is 1.88 bits per heavy atom. The molecule has 2 heterocycles. The average Bonchev–Trinajstić information content (AvgIpc) is 3.53. The van der Waals surface area contributed by atoms with Crippen LogP contribution in [0.25, 0.3) is 11.1 Å². The van der Waals surface area contributed by atoms with Gasteiger partial charge in [0.1, 0.15) is 11.6 Å². The van der Waals surface area contributed by atoms with Gasteiger partial charge in [-0.3, -0.25) is 4.98 Å². The lowest BCUT2D eigenvalue weighted by molar-refractivity contribution is 0.161. The molecule has 0 unspecified atom stereocenters. The highest BCUT2D eigenvalue weighted by molar-refractivity contribution is 5.69. The smallest absolute Gasteiger partial charge is 0.149 e. The first kappa shape index (κ1) is 22.9. The first-order valence-electron chi connectivity index (χ1n) is 11.8. The van der Waals surface area contributed by atoms with E-state index in [2.05, 4.69) is 39.8 Å². The fourth-order valence-electron chi connectivity index (χ4n) is 4.44. The largest absolute Gasteiger partial charge is 0.383 e. The van der Waals surface area contributed by atoms with Crippen LogP contribution >= 0.6 is 0 Å². The van der Waals surface area contributed by atoms with Gasteiger partial charge in [0, 0.05) is 55.3 Å². The average molecular weight is 442 g/mol.